The summed E-state index contributed by atoms with van der Waals surface area (Å²) in [6, 6.07) is -0.754. The predicted octanol–water partition coefficient (Wildman–Crippen LogP) is 0.0766. The molecule has 0 radical (unpaired) electrons. The summed E-state index contributed by atoms with van der Waals surface area (Å²) in [5.41, 5.74) is -0.491. The van der Waals surface area contributed by atoms with E-state index in [-0.39, 0.29) is 12.0 Å². The Labute approximate surface area is 113 Å². The average molecular weight is 270 g/mol. The van der Waals surface area contributed by atoms with E-state index in [0.717, 1.165) is 19.4 Å². The minimum atomic E-state index is -0.944. The number of carbonyl (C=O) groups excluding carboxylic acids is 1. The molecule has 2 heterocycles. The Kier molecular flexibility index (Phi) is 4.10. The zero-order chi connectivity index (χ0) is 14.0. The van der Waals surface area contributed by atoms with Gasteiger partial charge in [0.05, 0.1) is 11.5 Å². The maximum absolute atomic E-state index is 12.7. The number of carboxylic acid groups (broad SMARTS) is 1. The van der Waals surface area contributed by atoms with Gasteiger partial charge in [0, 0.05) is 26.6 Å². The second kappa shape index (κ2) is 5.46. The number of nitrogens with one attached hydrogen (secondary N) is 1. The van der Waals surface area contributed by atoms with Crippen molar-refractivity contribution < 1.29 is 19.4 Å². The van der Waals surface area contributed by atoms with Crippen molar-refractivity contribution in [3.8, 4) is 0 Å². The second-order valence-corrected chi connectivity index (χ2v) is 5.75. The molecular formula is C13H22N2O4. The zero-order valence-corrected chi connectivity index (χ0v) is 11.5. The van der Waals surface area contributed by atoms with Crippen molar-refractivity contribution in [2.75, 3.05) is 26.7 Å². The van der Waals surface area contributed by atoms with Crippen molar-refractivity contribution >= 4 is 11.9 Å². The van der Waals surface area contributed by atoms with Crippen LogP contribution < -0.4 is 5.32 Å². The molecule has 0 aromatic heterocycles. The number of piperidine rings is 1. The predicted molar refractivity (Wildman–Crippen MR) is 68.8 cm³/mol. The zero-order valence-electron chi connectivity index (χ0n) is 11.5. The van der Waals surface area contributed by atoms with Crippen LogP contribution in [-0.2, 0) is 14.3 Å². The van der Waals surface area contributed by atoms with Crippen LogP contribution in [0.25, 0.3) is 0 Å². The summed E-state index contributed by atoms with van der Waals surface area (Å²) in [6.45, 7) is 3.83. The molecule has 108 valence electrons. The Bertz CT molecular complexity index is 366. The molecule has 2 saturated heterocycles. The van der Waals surface area contributed by atoms with Crippen LogP contribution in [-0.4, -0.2) is 60.8 Å². The Morgan fingerprint density at radius 3 is 2.74 bits per heavy atom. The molecule has 0 spiro atoms. The highest BCUT2D eigenvalue weighted by Gasteiger charge is 2.46. The Balaban J connectivity index is 2.14. The van der Waals surface area contributed by atoms with Gasteiger partial charge in [-0.1, -0.05) is 0 Å². The molecule has 3 unspecified atom stereocenters. The first-order valence-corrected chi connectivity index (χ1v) is 6.75. The first-order valence-electron chi connectivity index (χ1n) is 6.75. The van der Waals surface area contributed by atoms with Crippen molar-refractivity contribution in [2.24, 2.45) is 5.41 Å². The van der Waals surface area contributed by atoms with Crippen LogP contribution in [0.2, 0.25) is 0 Å². The topological polar surface area (TPSA) is 78.9 Å². The summed E-state index contributed by atoms with van der Waals surface area (Å²) in [5.74, 6) is -1.01. The number of ether oxygens (including phenoxy) is 1. The molecule has 2 rings (SSSR count). The lowest BCUT2D eigenvalue weighted by Crippen LogP contribution is -2.53. The summed E-state index contributed by atoms with van der Waals surface area (Å²) in [7, 11) is 1.56. The highest BCUT2D eigenvalue weighted by atomic mass is 16.5. The largest absolute Gasteiger partial charge is 0.480 e. The van der Waals surface area contributed by atoms with Crippen LogP contribution in [0.4, 0.5) is 0 Å². The molecule has 0 bridgehead atoms. The van der Waals surface area contributed by atoms with E-state index in [4.69, 9.17) is 4.74 Å². The average Bonchev–Trinajstić information content (AvgIpc) is 2.83. The Morgan fingerprint density at radius 2 is 2.21 bits per heavy atom. The van der Waals surface area contributed by atoms with Crippen molar-refractivity contribution in [2.45, 2.75) is 38.3 Å². The Hall–Kier alpha value is -1.14. The quantitative estimate of drug-likeness (QED) is 0.759. The van der Waals surface area contributed by atoms with E-state index < -0.39 is 17.4 Å². The van der Waals surface area contributed by atoms with E-state index in [1.54, 1.807) is 7.11 Å². The summed E-state index contributed by atoms with van der Waals surface area (Å²) in [5, 5.41) is 12.5. The molecule has 2 N–H and O–H groups in total. The summed E-state index contributed by atoms with van der Waals surface area (Å²) in [4.78, 5) is 25.5. The molecule has 0 saturated carbocycles. The number of hydrogen-bond donors (Lipinski definition) is 2. The van der Waals surface area contributed by atoms with Gasteiger partial charge in [-0.15, -0.1) is 0 Å². The number of amides is 1. The Morgan fingerprint density at radius 1 is 1.47 bits per heavy atom. The van der Waals surface area contributed by atoms with Crippen molar-refractivity contribution in [1.29, 1.82) is 0 Å². The van der Waals surface area contributed by atoms with E-state index in [2.05, 4.69) is 5.32 Å². The first kappa shape index (κ1) is 14.3. The van der Waals surface area contributed by atoms with Crippen LogP contribution in [0.15, 0.2) is 0 Å². The van der Waals surface area contributed by atoms with Crippen molar-refractivity contribution in [3.63, 3.8) is 0 Å². The van der Waals surface area contributed by atoms with E-state index in [1.165, 1.54) is 4.90 Å². The third-order valence-electron chi connectivity index (χ3n) is 4.26. The summed E-state index contributed by atoms with van der Waals surface area (Å²) >= 11 is 0. The minimum Gasteiger partial charge on any atom is -0.480 e. The molecule has 1 amide bonds. The van der Waals surface area contributed by atoms with Gasteiger partial charge >= 0.3 is 5.97 Å². The van der Waals surface area contributed by atoms with Gasteiger partial charge in [-0.05, 0) is 26.3 Å². The number of nitrogens with zero attached hydrogens (tertiary/aromatic N) is 1. The number of methoxy groups -OCH3 is 1. The fourth-order valence-electron chi connectivity index (χ4n) is 3.01. The molecule has 3 atom stereocenters. The van der Waals surface area contributed by atoms with Crippen molar-refractivity contribution in [3.05, 3.63) is 0 Å². The molecule has 6 heteroatoms. The van der Waals surface area contributed by atoms with Gasteiger partial charge in [-0.3, -0.25) is 4.79 Å². The number of carbonyl (C=O) groups is 2. The lowest BCUT2D eigenvalue weighted by molar-refractivity contribution is -0.153. The van der Waals surface area contributed by atoms with Crippen LogP contribution in [0.3, 0.4) is 0 Å². The highest BCUT2D eigenvalue weighted by molar-refractivity contribution is 5.88. The fraction of sp³-hybridized carbons (Fsp3) is 0.846. The van der Waals surface area contributed by atoms with Gasteiger partial charge in [0.2, 0.25) is 5.91 Å². The third-order valence-corrected chi connectivity index (χ3v) is 4.26. The molecule has 6 nitrogen and oxygen atoms in total. The maximum atomic E-state index is 12.7. The van der Waals surface area contributed by atoms with E-state index in [0.29, 0.717) is 19.5 Å². The second-order valence-electron chi connectivity index (χ2n) is 5.75. The molecule has 0 aromatic carbocycles. The van der Waals surface area contributed by atoms with Gasteiger partial charge in [-0.25, -0.2) is 4.79 Å². The standard InChI is InChI=1S/C13H22N2O4/c1-13(4-3-5-14-8-13)12(18)15-7-9(19-2)6-10(15)11(16)17/h9-10,14H,3-8H2,1-2H3,(H,16,17). The molecule has 2 aliphatic rings. The molecule has 19 heavy (non-hydrogen) atoms. The van der Waals surface area contributed by atoms with Gasteiger partial charge < -0.3 is 20.1 Å². The van der Waals surface area contributed by atoms with Crippen LogP contribution in [0.1, 0.15) is 26.2 Å². The first-order chi connectivity index (χ1) is 8.98. The molecule has 2 aliphatic heterocycles. The SMILES string of the molecule is COC1CC(C(=O)O)N(C(=O)C2(C)CCCNC2)C1. The summed E-state index contributed by atoms with van der Waals surface area (Å²) in [6.07, 6.45) is 1.95. The molecule has 2 fully saturated rings. The maximum Gasteiger partial charge on any atom is 0.326 e. The minimum absolute atomic E-state index is 0.0633. The highest BCUT2D eigenvalue weighted by Crippen LogP contribution is 2.32. The smallest absolute Gasteiger partial charge is 0.326 e. The number of aliphatic carboxylic acids is 1. The number of carboxylic acids is 1. The fourth-order valence-corrected chi connectivity index (χ4v) is 3.01. The third kappa shape index (κ3) is 2.74. The summed E-state index contributed by atoms with van der Waals surface area (Å²) < 4.78 is 5.22. The lowest BCUT2D eigenvalue weighted by atomic mass is 9.81. The van der Waals surface area contributed by atoms with Gasteiger partial charge in [0.25, 0.3) is 0 Å². The molecule has 0 aliphatic carbocycles. The van der Waals surface area contributed by atoms with Gasteiger partial charge in [-0.2, -0.15) is 0 Å². The van der Waals surface area contributed by atoms with E-state index >= 15 is 0 Å². The number of rotatable bonds is 3. The molecular weight excluding hydrogens is 248 g/mol. The molecule has 0 aromatic rings. The van der Waals surface area contributed by atoms with Crippen LogP contribution >= 0.6 is 0 Å². The van der Waals surface area contributed by atoms with E-state index in [9.17, 15) is 14.7 Å². The monoisotopic (exact) mass is 270 g/mol. The van der Waals surface area contributed by atoms with Crippen LogP contribution in [0.5, 0.6) is 0 Å². The van der Waals surface area contributed by atoms with Gasteiger partial charge in [0.1, 0.15) is 6.04 Å². The van der Waals surface area contributed by atoms with E-state index in [1.807, 2.05) is 6.92 Å². The van der Waals surface area contributed by atoms with Crippen LogP contribution in [0, 0.1) is 5.41 Å². The normalized spacial score (nSPS) is 35.4. The number of hydrogen-bond acceptors (Lipinski definition) is 4. The van der Waals surface area contributed by atoms with Gasteiger partial charge in [0.15, 0.2) is 0 Å². The van der Waals surface area contributed by atoms with Crippen molar-refractivity contribution in [1.82, 2.24) is 10.2 Å². The number of likely N-dealkylation sites (tertiary alicyclic amines) is 1. The lowest BCUT2D eigenvalue weighted by Gasteiger charge is -2.37.